The summed E-state index contributed by atoms with van der Waals surface area (Å²) >= 11 is 0. The Bertz CT molecular complexity index is 587. The Morgan fingerprint density at radius 3 is 2.52 bits per heavy atom. The van der Waals surface area contributed by atoms with Gasteiger partial charge < -0.3 is 9.47 Å². The van der Waals surface area contributed by atoms with E-state index in [9.17, 15) is 14.0 Å². The highest BCUT2D eigenvalue weighted by Gasteiger charge is 2.46. The van der Waals surface area contributed by atoms with Gasteiger partial charge in [0, 0.05) is 11.5 Å². The monoisotopic (exact) mass is 292 g/mol. The van der Waals surface area contributed by atoms with Gasteiger partial charge in [0.15, 0.2) is 0 Å². The lowest BCUT2D eigenvalue weighted by atomic mass is 9.90. The van der Waals surface area contributed by atoms with Crippen molar-refractivity contribution >= 4 is 17.5 Å². The molecular weight excluding hydrogens is 275 g/mol. The van der Waals surface area contributed by atoms with E-state index >= 15 is 0 Å². The van der Waals surface area contributed by atoms with E-state index in [-0.39, 0.29) is 12.4 Å². The van der Waals surface area contributed by atoms with Gasteiger partial charge in [0.05, 0.1) is 0 Å². The van der Waals surface area contributed by atoms with Gasteiger partial charge in [-0.15, -0.1) is 0 Å². The van der Waals surface area contributed by atoms with E-state index in [0.29, 0.717) is 11.1 Å². The molecule has 112 valence electrons. The minimum absolute atomic E-state index is 0.227. The van der Waals surface area contributed by atoms with Crippen molar-refractivity contribution in [1.82, 2.24) is 0 Å². The van der Waals surface area contributed by atoms with E-state index in [4.69, 9.17) is 9.47 Å². The average Bonchev–Trinajstić information content (AvgIpc) is 2.66. The smallest absolute Gasteiger partial charge is 0.348 e. The number of esters is 2. The summed E-state index contributed by atoms with van der Waals surface area (Å²) in [5, 5.41) is 0. The highest BCUT2D eigenvalue weighted by Crippen LogP contribution is 2.31. The maximum absolute atomic E-state index is 12.8. The predicted molar refractivity (Wildman–Crippen MR) is 74.7 cm³/mol. The number of benzene rings is 1. The topological polar surface area (TPSA) is 52.6 Å². The SMILES string of the molecule is C/C(=C/C(=O)O[C@H]1C(=O)OCC1(C)C)c1ccc(F)cc1. The number of ether oxygens (including phenoxy) is 2. The van der Waals surface area contributed by atoms with E-state index in [1.54, 1.807) is 32.9 Å². The van der Waals surface area contributed by atoms with Crippen LogP contribution in [-0.2, 0) is 19.1 Å². The summed E-state index contributed by atoms with van der Waals surface area (Å²) in [5.74, 6) is -1.49. The van der Waals surface area contributed by atoms with Gasteiger partial charge in [0.25, 0.3) is 0 Å². The molecule has 0 spiro atoms. The Kier molecular flexibility index (Phi) is 4.11. The second-order valence-electron chi connectivity index (χ2n) is 5.75. The molecule has 0 amide bonds. The van der Waals surface area contributed by atoms with Crippen molar-refractivity contribution in [3.63, 3.8) is 0 Å². The van der Waals surface area contributed by atoms with Crippen LogP contribution in [-0.4, -0.2) is 24.6 Å². The zero-order chi connectivity index (χ0) is 15.6. The van der Waals surface area contributed by atoms with Gasteiger partial charge in [-0.25, -0.2) is 14.0 Å². The molecule has 2 rings (SSSR count). The molecule has 1 aliphatic heterocycles. The van der Waals surface area contributed by atoms with Crippen LogP contribution in [0.25, 0.3) is 5.57 Å². The number of hydrogen-bond donors (Lipinski definition) is 0. The van der Waals surface area contributed by atoms with Crippen LogP contribution < -0.4 is 0 Å². The fraction of sp³-hybridized carbons (Fsp3) is 0.375. The van der Waals surface area contributed by atoms with Gasteiger partial charge in [-0.1, -0.05) is 26.0 Å². The van der Waals surface area contributed by atoms with Crippen LogP contribution in [0.15, 0.2) is 30.3 Å². The summed E-state index contributed by atoms with van der Waals surface area (Å²) in [6, 6.07) is 5.77. The van der Waals surface area contributed by atoms with Crippen LogP contribution >= 0.6 is 0 Å². The molecule has 0 saturated carbocycles. The lowest BCUT2D eigenvalue weighted by Gasteiger charge is -2.21. The molecule has 0 N–H and O–H groups in total. The molecule has 1 aromatic carbocycles. The predicted octanol–water partition coefficient (Wildman–Crippen LogP) is 2.72. The van der Waals surface area contributed by atoms with Gasteiger partial charge in [-0.3, -0.25) is 0 Å². The Labute approximate surface area is 122 Å². The standard InChI is InChI=1S/C16H17FO4/c1-10(11-4-6-12(17)7-5-11)8-13(18)21-14-15(19)20-9-16(14,2)3/h4-8,14H,9H2,1-3H3/b10-8-/t14-/m0/s1. The molecule has 21 heavy (non-hydrogen) atoms. The van der Waals surface area contributed by atoms with Crippen molar-refractivity contribution in [3.05, 3.63) is 41.7 Å². The molecule has 1 fully saturated rings. The van der Waals surface area contributed by atoms with Gasteiger partial charge in [-0.2, -0.15) is 0 Å². The molecular formula is C16H17FO4. The fourth-order valence-corrected chi connectivity index (χ4v) is 2.06. The number of carbonyl (C=O) groups is 2. The van der Waals surface area contributed by atoms with Crippen molar-refractivity contribution in [2.75, 3.05) is 6.61 Å². The quantitative estimate of drug-likeness (QED) is 0.635. The summed E-state index contributed by atoms with van der Waals surface area (Å²) in [6.45, 7) is 5.54. The molecule has 1 aromatic rings. The first-order chi connectivity index (χ1) is 9.79. The number of rotatable bonds is 3. The second kappa shape index (κ2) is 5.68. The largest absolute Gasteiger partial charge is 0.462 e. The van der Waals surface area contributed by atoms with Gasteiger partial charge in [0.1, 0.15) is 12.4 Å². The number of hydrogen-bond acceptors (Lipinski definition) is 4. The first-order valence-corrected chi connectivity index (χ1v) is 6.61. The third-order valence-electron chi connectivity index (χ3n) is 3.38. The molecule has 4 nitrogen and oxygen atoms in total. The summed E-state index contributed by atoms with van der Waals surface area (Å²) in [7, 11) is 0. The molecule has 0 aromatic heterocycles. The number of cyclic esters (lactones) is 1. The first-order valence-electron chi connectivity index (χ1n) is 6.61. The Balaban J connectivity index is 2.08. The number of halogens is 1. The van der Waals surface area contributed by atoms with Crippen molar-refractivity contribution in [1.29, 1.82) is 0 Å². The molecule has 0 unspecified atom stereocenters. The van der Waals surface area contributed by atoms with E-state index in [1.807, 2.05) is 0 Å². The van der Waals surface area contributed by atoms with E-state index in [2.05, 4.69) is 0 Å². The Morgan fingerprint density at radius 2 is 2.00 bits per heavy atom. The average molecular weight is 292 g/mol. The van der Waals surface area contributed by atoms with Crippen LogP contribution in [0.2, 0.25) is 0 Å². The van der Waals surface area contributed by atoms with Gasteiger partial charge in [-0.05, 0) is 30.2 Å². The molecule has 0 radical (unpaired) electrons. The third-order valence-corrected chi connectivity index (χ3v) is 3.38. The summed E-state index contributed by atoms with van der Waals surface area (Å²) in [5.41, 5.74) is 0.801. The molecule has 5 heteroatoms. The summed E-state index contributed by atoms with van der Waals surface area (Å²) in [6.07, 6.45) is 0.386. The van der Waals surface area contributed by atoms with Crippen molar-refractivity contribution < 1.29 is 23.5 Å². The zero-order valence-corrected chi connectivity index (χ0v) is 12.2. The molecule has 1 heterocycles. The molecule has 1 atom stereocenters. The van der Waals surface area contributed by atoms with Crippen LogP contribution in [0.3, 0.4) is 0 Å². The van der Waals surface area contributed by atoms with Gasteiger partial charge >= 0.3 is 11.9 Å². The van der Waals surface area contributed by atoms with E-state index in [1.165, 1.54) is 18.2 Å². The number of allylic oxidation sites excluding steroid dienone is 1. The lowest BCUT2D eigenvalue weighted by Crippen LogP contribution is -2.34. The molecule has 1 aliphatic rings. The maximum atomic E-state index is 12.8. The lowest BCUT2D eigenvalue weighted by molar-refractivity contribution is -0.159. The molecule has 0 bridgehead atoms. The molecule has 0 aliphatic carbocycles. The van der Waals surface area contributed by atoms with Crippen LogP contribution in [0.4, 0.5) is 4.39 Å². The van der Waals surface area contributed by atoms with Crippen molar-refractivity contribution in [2.24, 2.45) is 5.41 Å². The Hall–Kier alpha value is -2.17. The third kappa shape index (κ3) is 3.48. The van der Waals surface area contributed by atoms with E-state index in [0.717, 1.165) is 0 Å². The Morgan fingerprint density at radius 1 is 1.38 bits per heavy atom. The van der Waals surface area contributed by atoms with Gasteiger partial charge in [0.2, 0.25) is 6.10 Å². The normalized spacial score (nSPS) is 21.0. The van der Waals surface area contributed by atoms with Crippen LogP contribution in [0.5, 0.6) is 0 Å². The minimum Gasteiger partial charge on any atom is -0.462 e. The van der Waals surface area contributed by atoms with E-state index < -0.39 is 23.5 Å². The molecule has 1 saturated heterocycles. The van der Waals surface area contributed by atoms with Crippen molar-refractivity contribution in [3.8, 4) is 0 Å². The number of carbonyl (C=O) groups excluding carboxylic acids is 2. The van der Waals surface area contributed by atoms with Crippen LogP contribution in [0, 0.1) is 11.2 Å². The highest BCUT2D eigenvalue weighted by molar-refractivity contribution is 5.92. The van der Waals surface area contributed by atoms with Crippen LogP contribution in [0.1, 0.15) is 26.3 Å². The highest BCUT2D eigenvalue weighted by atomic mass is 19.1. The summed E-state index contributed by atoms with van der Waals surface area (Å²) in [4.78, 5) is 23.5. The maximum Gasteiger partial charge on any atom is 0.348 e. The minimum atomic E-state index is -0.901. The fourth-order valence-electron chi connectivity index (χ4n) is 2.06. The summed E-state index contributed by atoms with van der Waals surface area (Å²) < 4.78 is 22.9. The van der Waals surface area contributed by atoms with Crippen molar-refractivity contribution in [2.45, 2.75) is 26.9 Å². The second-order valence-corrected chi connectivity index (χ2v) is 5.75. The first kappa shape index (κ1) is 15.2. The zero-order valence-electron chi connectivity index (χ0n) is 12.2.